The molecule has 0 saturated carbocycles. The number of amides is 2. The number of nitrogens with zero attached hydrogens (tertiary/aromatic N) is 1. The van der Waals surface area contributed by atoms with Crippen molar-refractivity contribution < 1.29 is 9.59 Å². The maximum absolute atomic E-state index is 12.9. The molecule has 0 spiro atoms. The molecule has 1 unspecified atom stereocenters. The Morgan fingerprint density at radius 3 is 3.00 bits per heavy atom. The Morgan fingerprint density at radius 1 is 1.32 bits per heavy atom. The number of anilines is 1. The smallest absolute Gasteiger partial charge is 0.254 e. The molecule has 2 aliphatic heterocycles. The highest BCUT2D eigenvalue weighted by Gasteiger charge is 2.27. The number of benzene rings is 1. The summed E-state index contributed by atoms with van der Waals surface area (Å²) in [5, 5.41) is 6.30. The van der Waals surface area contributed by atoms with Gasteiger partial charge in [0, 0.05) is 43.9 Å². The maximum Gasteiger partial charge on any atom is 0.254 e. The van der Waals surface area contributed by atoms with Gasteiger partial charge in [-0.25, -0.2) is 0 Å². The zero-order valence-electron chi connectivity index (χ0n) is 13.0. The molecule has 0 bridgehead atoms. The van der Waals surface area contributed by atoms with Crippen LogP contribution in [-0.4, -0.2) is 42.4 Å². The van der Waals surface area contributed by atoms with Gasteiger partial charge in [0.25, 0.3) is 5.91 Å². The third-order valence-electron chi connectivity index (χ3n) is 4.44. The summed E-state index contributed by atoms with van der Waals surface area (Å²) in [4.78, 5) is 26.0. The van der Waals surface area contributed by atoms with E-state index in [1.807, 2.05) is 23.1 Å². The summed E-state index contributed by atoms with van der Waals surface area (Å²) in [6.45, 7) is 3.88. The molecule has 1 atom stereocenters. The van der Waals surface area contributed by atoms with Gasteiger partial charge in [0.2, 0.25) is 5.91 Å². The third-order valence-corrected chi connectivity index (χ3v) is 4.44. The van der Waals surface area contributed by atoms with Crippen molar-refractivity contribution in [1.82, 2.24) is 10.2 Å². The number of carbonyl (C=O) groups excluding carboxylic acids is 2. The van der Waals surface area contributed by atoms with Gasteiger partial charge in [-0.3, -0.25) is 9.59 Å². The van der Waals surface area contributed by atoms with Gasteiger partial charge < -0.3 is 15.5 Å². The van der Waals surface area contributed by atoms with Crippen molar-refractivity contribution in [3.63, 3.8) is 0 Å². The second-order valence-electron chi connectivity index (χ2n) is 6.15. The van der Waals surface area contributed by atoms with Crippen molar-refractivity contribution in [3.05, 3.63) is 29.3 Å². The van der Waals surface area contributed by atoms with E-state index in [4.69, 9.17) is 0 Å². The van der Waals surface area contributed by atoms with Gasteiger partial charge >= 0.3 is 0 Å². The molecule has 2 N–H and O–H groups in total. The predicted octanol–water partition coefficient (Wildman–Crippen LogP) is 1.79. The normalized spacial score (nSPS) is 20.8. The molecule has 0 aromatic heterocycles. The molecule has 0 radical (unpaired) electrons. The fourth-order valence-corrected chi connectivity index (χ4v) is 3.45. The minimum Gasteiger partial charge on any atom is -0.385 e. The summed E-state index contributed by atoms with van der Waals surface area (Å²) >= 11 is 0. The molecular formula is C17H23N3O2. The van der Waals surface area contributed by atoms with Crippen molar-refractivity contribution in [2.24, 2.45) is 0 Å². The van der Waals surface area contributed by atoms with Crippen LogP contribution in [0, 0.1) is 0 Å². The zero-order valence-corrected chi connectivity index (χ0v) is 13.0. The highest BCUT2D eigenvalue weighted by Crippen LogP contribution is 2.27. The fourth-order valence-electron chi connectivity index (χ4n) is 3.45. The standard InChI is InChI=1S/C17H23N3O2/c1-12(21)19-13-5-4-10-20(11-13)17(22)15-6-2-8-16-14(15)7-3-9-18-16/h2,6,8,13,18H,3-5,7,9-11H2,1H3,(H,19,21). The summed E-state index contributed by atoms with van der Waals surface area (Å²) in [7, 11) is 0. The first-order chi connectivity index (χ1) is 10.6. The molecule has 1 aromatic rings. The molecule has 5 heteroatoms. The Balaban J connectivity index is 1.77. The average molecular weight is 301 g/mol. The van der Waals surface area contributed by atoms with Gasteiger partial charge in [0.1, 0.15) is 0 Å². The number of likely N-dealkylation sites (tertiary alicyclic amines) is 1. The van der Waals surface area contributed by atoms with E-state index < -0.39 is 0 Å². The van der Waals surface area contributed by atoms with Crippen molar-refractivity contribution in [2.45, 2.75) is 38.6 Å². The van der Waals surface area contributed by atoms with Gasteiger partial charge in [0.15, 0.2) is 0 Å². The second-order valence-corrected chi connectivity index (χ2v) is 6.15. The molecule has 22 heavy (non-hydrogen) atoms. The molecule has 5 nitrogen and oxygen atoms in total. The zero-order chi connectivity index (χ0) is 15.5. The van der Waals surface area contributed by atoms with E-state index in [-0.39, 0.29) is 17.9 Å². The molecule has 0 aliphatic carbocycles. The van der Waals surface area contributed by atoms with E-state index in [0.717, 1.165) is 55.6 Å². The summed E-state index contributed by atoms with van der Waals surface area (Å²) in [5.41, 5.74) is 3.04. The Bertz CT molecular complexity index is 585. The number of nitrogens with one attached hydrogen (secondary N) is 2. The van der Waals surface area contributed by atoms with Crippen LogP contribution in [0.5, 0.6) is 0 Å². The lowest BCUT2D eigenvalue weighted by Gasteiger charge is -2.34. The molecule has 1 fully saturated rings. The van der Waals surface area contributed by atoms with Crippen LogP contribution >= 0.6 is 0 Å². The van der Waals surface area contributed by atoms with Crippen LogP contribution in [0.25, 0.3) is 0 Å². The summed E-state index contributed by atoms with van der Waals surface area (Å²) < 4.78 is 0. The van der Waals surface area contributed by atoms with Crippen LogP contribution in [0.2, 0.25) is 0 Å². The van der Waals surface area contributed by atoms with E-state index in [2.05, 4.69) is 10.6 Å². The Labute approximate surface area is 131 Å². The number of piperidine rings is 1. The van der Waals surface area contributed by atoms with Crippen LogP contribution in [0.15, 0.2) is 18.2 Å². The van der Waals surface area contributed by atoms with Crippen LogP contribution in [0.1, 0.15) is 42.1 Å². The van der Waals surface area contributed by atoms with Gasteiger partial charge in [0.05, 0.1) is 0 Å². The highest BCUT2D eigenvalue weighted by molar-refractivity contribution is 5.97. The summed E-state index contributed by atoms with van der Waals surface area (Å²) in [5.74, 6) is 0.0659. The van der Waals surface area contributed by atoms with Gasteiger partial charge in [-0.05, 0) is 43.4 Å². The van der Waals surface area contributed by atoms with Crippen LogP contribution < -0.4 is 10.6 Å². The third kappa shape index (κ3) is 3.08. The molecular weight excluding hydrogens is 278 g/mol. The second kappa shape index (κ2) is 6.38. The maximum atomic E-state index is 12.9. The monoisotopic (exact) mass is 301 g/mol. The van der Waals surface area contributed by atoms with Crippen molar-refractivity contribution in [2.75, 3.05) is 25.0 Å². The molecule has 118 valence electrons. The summed E-state index contributed by atoms with van der Waals surface area (Å²) in [6, 6.07) is 5.99. The van der Waals surface area contributed by atoms with Crippen LogP contribution in [0.3, 0.4) is 0 Å². The van der Waals surface area contributed by atoms with Gasteiger partial charge in [-0.15, -0.1) is 0 Å². The lowest BCUT2D eigenvalue weighted by molar-refractivity contribution is -0.120. The first-order valence-electron chi connectivity index (χ1n) is 8.07. The number of hydrogen-bond acceptors (Lipinski definition) is 3. The number of fused-ring (bicyclic) bond motifs is 1. The quantitative estimate of drug-likeness (QED) is 0.875. The van der Waals surface area contributed by atoms with E-state index in [9.17, 15) is 9.59 Å². The first-order valence-corrected chi connectivity index (χ1v) is 8.07. The van der Waals surface area contributed by atoms with E-state index in [0.29, 0.717) is 6.54 Å². The predicted molar refractivity (Wildman–Crippen MR) is 86.0 cm³/mol. The molecule has 1 aromatic carbocycles. The lowest BCUT2D eigenvalue weighted by atomic mass is 9.96. The SMILES string of the molecule is CC(=O)NC1CCCN(C(=O)c2cccc3c2CCCN3)C1. The summed E-state index contributed by atoms with van der Waals surface area (Å²) in [6.07, 6.45) is 3.89. The van der Waals surface area contributed by atoms with Crippen molar-refractivity contribution >= 4 is 17.5 Å². The Hall–Kier alpha value is -2.04. The molecule has 2 amide bonds. The molecule has 2 heterocycles. The van der Waals surface area contributed by atoms with Crippen molar-refractivity contribution in [3.8, 4) is 0 Å². The van der Waals surface area contributed by atoms with E-state index in [1.54, 1.807) is 0 Å². The van der Waals surface area contributed by atoms with Crippen molar-refractivity contribution in [1.29, 1.82) is 0 Å². The minimum atomic E-state index is -0.0272. The number of rotatable bonds is 2. The van der Waals surface area contributed by atoms with Crippen LogP contribution in [0.4, 0.5) is 5.69 Å². The average Bonchev–Trinajstić information content (AvgIpc) is 2.53. The van der Waals surface area contributed by atoms with Gasteiger partial charge in [-0.2, -0.15) is 0 Å². The van der Waals surface area contributed by atoms with E-state index >= 15 is 0 Å². The van der Waals surface area contributed by atoms with E-state index in [1.165, 1.54) is 6.92 Å². The molecule has 3 rings (SSSR count). The van der Waals surface area contributed by atoms with Gasteiger partial charge in [-0.1, -0.05) is 6.07 Å². The number of hydrogen-bond donors (Lipinski definition) is 2. The fraction of sp³-hybridized carbons (Fsp3) is 0.529. The number of carbonyl (C=O) groups is 2. The minimum absolute atomic E-state index is 0.0272. The highest BCUT2D eigenvalue weighted by atomic mass is 16.2. The van der Waals surface area contributed by atoms with Crippen LogP contribution in [-0.2, 0) is 11.2 Å². The molecule has 1 saturated heterocycles. The first kappa shape index (κ1) is 14.9. The Morgan fingerprint density at radius 2 is 2.18 bits per heavy atom. The molecule has 2 aliphatic rings. The topological polar surface area (TPSA) is 61.4 Å². The largest absolute Gasteiger partial charge is 0.385 e. The Kier molecular flexibility index (Phi) is 4.32. The lowest BCUT2D eigenvalue weighted by Crippen LogP contribution is -2.49.